The summed E-state index contributed by atoms with van der Waals surface area (Å²) in [6, 6.07) is 11.2. The molecule has 5 heterocycles. The lowest BCUT2D eigenvalue weighted by Gasteiger charge is -2.06. The Kier molecular flexibility index (Phi) is 4.11. The van der Waals surface area contributed by atoms with Gasteiger partial charge in [0.2, 0.25) is 5.13 Å². The molecule has 0 spiro atoms. The Bertz CT molecular complexity index is 1190. The predicted octanol–water partition coefficient (Wildman–Crippen LogP) is 3.30. The van der Waals surface area contributed by atoms with Crippen molar-refractivity contribution in [2.24, 2.45) is 0 Å². The molecule has 0 unspecified atom stereocenters. The van der Waals surface area contributed by atoms with E-state index in [1.807, 2.05) is 35.7 Å². The second kappa shape index (κ2) is 7.05. The fourth-order valence-electron chi connectivity index (χ4n) is 2.86. The molecule has 0 bridgehead atoms. The molecule has 0 aliphatic heterocycles. The minimum Gasteiger partial charge on any atom is -0.255 e. The van der Waals surface area contributed by atoms with Gasteiger partial charge < -0.3 is 0 Å². The van der Waals surface area contributed by atoms with Crippen molar-refractivity contribution in [2.75, 3.05) is 0 Å². The van der Waals surface area contributed by atoms with Crippen LogP contribution in [0.5, 0.6) is 0 Å². The van der Waals surface area contributed by atoms with Crippen LogP contribution in [-0.4, -0.2) is 39.9 Å². The lowest BCUT2D eigenvalue weighted by atomic mass is 10.1. The Balaban J connectivity index is 1.89. The first-order valence-corrected chi connectivity index (χ1v) is 9.29. The summed E-state index contributed by atoms with van der Waals surface area (Å²) in [7, 11) is 0. The Morgan fingerprint density at radius 1 is 0.750 bits per heavy atom. The molecule has 134 valence electrons. The summed E-state index contributed by atoms with van der Waals surface area (Å²) in [5.41, 5.74) is 3.47. The van der Waals surface area contributed by atoms with Gasteiger partial charge in [-0.25, -0.2) is 19.6 Å². The third-order valence-electron chi connectivity index (χ3n) is 4.00. The molecule has 0 saturated heterocycles. The minimum atomic E-state index is 0.534. The number of rotatable bonds is 4. The van der Waals surface area contributed by atoms with Gasteiger partial charge in [0.15, 0.2) is 5.82 Å². The summed E-state index contributed by atoms with van der Waals surface area (Å²) >= 11 is 1.48. The van der Waals surface area contributed by atoms with E-state index >= 15 is 0 Å². The van der Waals surface area contributed by atoms with E-state index in [1.165, 1.54) is 11.3 Å². The van der Waals surface area contributed by atoms with E-state index in [-0.39, 0.29) is 0 Å². The average molecular weight is 384 g/mol. The van der Waals surface area contributed by atoms with Crippen molar-refractivity contribution in [1.82, 2.24) is 39.9 Å². The first kappa shape index (κ1) is 16.3. The largest absolute Gasteiger partial charge is 0.255 e. The van der Waals surface area contributed by atoms with Gasteiger partial charge >= 0.3 is 0 Å². The molecular weight excluding hydrogens is 372 g/mol. The van der Waals surface area contributed by atoms with Gasteiger partial charge in [0, 0.05) is 36.4 Å². The Morgan fingerprint density at radius 2 is 1.61 bits per heavy atom. The van der Waals surface area contributed by atoms with Gasteiger partial charge in [-0.3, -0.25) is 4.98 Å². The van der Waals surface area contributed by atoms with E-state index in [0.717, 1.165) is 17.0 Å². The molecule has 5 aromatic rings. The van der Waals surface area contributed by atoms with E-state index in [2.05, 4.69) is 30.1 Å². The number of hydrogen-bond acceptors (Lipinski definition) is 8. The summed E-state index contributed by atoms with van der Waals surface area (Å²) in [6.07, 6.45) is 8.51. The van der Waals surface area contributed by atoms with Gasteiger partial charge in [-0.2, -0.15) is 10.2 Å². The van der Waals surface area contributed by atoms with Crippen LogP contribution in [0.3, 0.4) is 0 Å². The molecule has 0 radical (unpaired) electrons. The zero-order valence-electron chi connectivity index (χ0n) is 14.4. The van der Waals surface area contributed by atoms with E-state index in [4.69, 9.17) is 5.10 Å². The van der Waals surface area contributed by atoms with E-state index in [0.29, 0.717) is 22.3 Å². The SMILES string of the molecule is c1ccc(-c2c(-c3ncccn3)c(-c3cccnn3)nn2-c2nccs2)nc1. The van der Waals surface area contributed by atoms with Crippen LogP contribution >= 0.6 is 11.3 Å². The number of pyridine rings is 1. The van der Waals surface area contributed by atoms with E-state index < -0.39 is 0 Å². The lowest BCUT2D eigenvalue weighted by Crippen LogP contribution is -2.00. The maximum Gasteiger partial charge on any atom is 0.210 e. The molecule has 0 N–H and O–H groups in total. The average Bonchev–Trinajstić information content (AvgIpc) is 3.43. The van der Waals surface area contributed by atoms with Gasteiger partial charge in [-0.1, -0.05) is 6.07 Å². The Morgan fingerprint density at radius 3 is 2.32 bits per heavy atom. The van der Waals surface area contributed by atoms with Crippen LogP contribution in [0.4, 0.5) is 0 Å². The second-order valence-corrected chi connectivity index (χ2v) is 6.57. The molecule has 0 fully saturated rings. The molecule has 5 rings (SSSR count). The minimum absolute atomic E-state index is 0.534. The van der Waals surface area contributed by atoms with Crippen LogP contribution in [0.1, 0.15) is 0 Å². The first-order valence-electron chi connectivity index (χ1n) is 8.41. The zero-order chi connectivity index (χ0) is 18.8. The smallest absolute Gasteiger partial charge is 0.210 e. The van der Waals surface area contributed by atoms with Crippen molar-refractivity contribution >= 4 is 11.3 Å². The van der Waals surface area contributed by atoms with Crippen LogP contribution in [0.15, 0.2) is 72.8 Å². The first-order chi connectivity index (χ1) is 13.9. The highest BCUT2D eigenvalue weighted by Gasteiger charge is 2.26. The van der Waals surface area contributed by atoms with Crippen molar-refractivity contribution in [3.63, 3.8) is 0 Å². The summed E-state index contributed by atoms with van der Waals surface area (Å²) in [6.45, 7) is 0. The molecule has 0 aliphatic carbocycles. The monoisotopic (exact) mass is 384 g/mol. The van der Waals surface area contributed by atoms with E-state index in [9.17, 15) is 0 Å². The molecule has 28 heavy (non-hydrogen) atoms. The van der Waals surface area contributed by atoms with E-state index in [1.54, 1.807) is 41.7 Å². The number of nitrogens with zero attached hydrogens (tertiary/aromatic N) is 8. The molecule has 0 amide bonds. The summed E-state index contributed by atoms with van der Waals surface area (Å²) in [5.74, 6) is 0.534. The Hall–Kier alpha value is -3.85. The van der Waals surface area contributed by atoms with Gasteiger partial charge in [-0.05, 0) is 30.3 Å². The molecule has 0 aromatic carbocycles. The van der Waals surface area contributed by atoms with Crippen LogP contribution in [0.25, 0.3) is 39.3 Å². The standard InChI is InChI=1S/C19H12N8S/c1-2-7-20-14(5-1)17-15(18-21-8-4-9-22-18)16(13-6-3-10-24-25-13)26-27(17)19-23-11-12-28-19/h1-12H. The predicted molar refractivity (Wildman–Crippen MR) is 105 cm³/mol. The van der Waals surface area contributed by atoms with Crippen LogP contribution < -0.4 is 0 Å². The fraction of sp³-hybridized carbons (Fsp3) is 0. The highest BCUT2D eigenvalue weighted by Crippen LogP contribution is 2.38. The van der Waals surface area contributed by atoms with Gasteiger partial charge in [-0.15, -0.1) is 16.4 Å². The van der Waals surface area contributed by atoms with Crippen LogP contribution in [0.2, 0.25) is 0 Å². The third kappa shape index (κ3) is 2.83. The number of thiazole rings is 1. The number of aromatic nitrogens is 8. The maximum absolute atomic E-state index is 4.82. The van der Waals surface area contributed by atoms with Crippen molar-refractivity contribution in [3.8, 4) is 39.3 Å². The second-order valence-electron chi connectivity index (χ2n) is 5.69. The highest BCUT2D eigenvalue weighted by atomic mass is 32.1. The summed E-state index contributed by atoms with van der Waals surface area (Å²) in [4.78, 5) is 17.9. The van der Waals surface area contributed by atoms with Gasteiger partial charge in [0.25, 0.3) is 0 Å². The highest BCUT2D eigenvalue weighted by molar-refractivity contribution is 7.12. The maximum atomic E-state index is 4.82. The molecular formula is C19H12N8S. The molecule has 9 heteroatoms. The Labute approximate surface area is 163 Å². The topological polar surface area (TPSA) is 95.2 Å². The normalized spacial score (nSPS) is 10.9. The van der Waals surface area contributed by atoms with Crippen LogP contribution in [-0.2, 0) is 0 Å². The van der Waals surface area contributed by atoms with Crippen molar-refractivity contribution in [3.05, 3.63) is 72.8 Å². The fourth-order valence-corrected chi connectivity index (χ4v) is 3.46. The summed E-state index contributed by atoms with van der Waals surface area (Å²) in [5, 5.41) is 15.7. The molecule has 8 nitrogen and oxygen atoms in total. The molecule has 0 atom stereocenters. The van der Waals surface area contributed by atoms with Crippen molar-refractivity contribution < 1.29 is 0 Å². The zero-order valence-corrected chi connectivity index (χ0v) is 15.2. The van der Waals surface area contributed by atoms with Crippen LogP contribution in [0, 0.1) is 0 Å². The van der Waals surface area contributed by atoms with Crippen molar-refractivity contribution in [1.29, 1.82) is 0 Å². The van der Waals surface area contributed by atoms with Gasteiger partial charge in [0.05, 0.1) is 11.3 Å². The molecule has 0 aliphatic rings. The van der Waals surface area contributed by atoms with Crippen molar-refractivity contribution in [2.45, 2.75) is 0 Å². The molecule has 5 aromatic heterocycles. The quantitative estimate of drug-likeness (QED) is 0.469. The summed E-state index contributed by atoms with van der Waals surface area (Å²) < 4.78 is 1.77. The number of hydrogen-bond donors (Lipinski definition) is 0. The van der Waals surface area contributed by atoms with Gasteiger partial charge in [0.1, 0.15) is 17.1 Å². The molecule has 0 saturated carbocycles. The third-order valence-corrected chi connectivity index (χ3v) is 4.74. The lowest BCUT2D eigenvalue weighted by molar-refractivity contribution is 0.872.